The molecule has 0 aliphatic rings. The largest absolute Gasteiger partial charge is 0.338 e. The summed E-state index contributed by atoms with van der Waals surface area (Å²) in [5, 5.41) is 2.69. The van der Waals surface area contributed by atoms with E-state index in [1.54, 1.807) is 30.3 Å². The van der Waals surface area contributed by atoms with Gasteiger partial charge in [-0.2, -0.15) is 0 Å². The fourth-order valence-electron chi connectivity index (χ4n) is 2.76. The van der Waals surface area contributed by atoms with Crippen molar-refractivity contribution in [3.05, 3.63) is 81.4 Å². The second kappa shape index (κ2) is 6.95. The third-order valence-electron chi connectivity index (χ3n) is 4.09. The maximum absolute atomic E-state index is 13.1. The Labute approximate surface area is 156 Å². The van der Waals surface area contributed by atoms with Crippen LogP contribution in [0.15, 0.2) is 64.3 Å². The molecule has 9 heteroatoms. The number of fused-ring (bicyclic) bond motifs is 1. The van der Waals surface area contributed by atoms with E-state index >= 15 is 0 Å². The van der Waals surface area contributed by atoms with Crippen LogP contribution in [0.25, 0.3) is 22.4 Å². The van der Waals surface area contributed by atoms with Crippen LogP contribution in [0.1, 0.15) is 0 Å². The van der Waals surface area contributed by atoms with E-state index in [-0.39, 0.29) is 12.4 Å². The Kier molecular flexibility index (Phi) is 4.32. The summed E-state index contributed by atoms with van der Waals surface area (Å²) in [6.45, 7) is -0.239. The number of nitrogens with one attached hydrogen (secondary N) is 3. The molecule has 2 aromatic heterocycles. The van der Waals surface area contributed by atoms with Crippen LogP contribution in [0.3, 0.4) is 0 Å². The van der Waals surface area contributed by atoms with E-state index in [0.717, 1.165) is 10.1 Å². The molecule has 3 N–H and O–H groups in total. The number of aromatic amines is 2. The third kappa shape index (κ3) is 3.58. The topological polar surface area (TPSA) is 113 Å². The van der Waals surface area contributed by atoms with Crippen LogP contribution in [0, 0.1) is 5.82 Å². The van der Waals surface area contributed by atoms with E-state index < -0.39 is 17.2 Å². The average molecular weight is 379 g/mol. The highest BCUT2D eigenvalue weighted by molar-refractivity contribution is 5.93. The molecule has 0 atom stereocenters. The number of benzene rings is 2. The van der Waals surface area contributed by atoms with E-state index in [9.17, 15) is 18.8 Å². The molecule has 2 aromatic carbocycles. The molecule has 8 nitrogen and oxygen atoms in total. The summed E-state index contributed by atoms with van der Waals surface area (Å²) in [6, 6.07) is 12.3. The number of hydrogen-bond donors (Lipinski definition) is 3. The van der Waals surface area contributed by atoms with Crippen molar-refractivity contribution >= 4 is 22.6 Å². The number of hydrogen-bond acceptors (Lipinski definition) is 4. The third-order valence-corrected chi connectivity index (χ3v) is 4.09. The maximum atomic E-state index is 13.1. The number of carbonyl (C=O) groups is 1. The molecule has 28 heavy (non-hydrogen) atoms. The van der Waals surface area contributed by atoms with Gasteiger partial charge in [-0.1, -0.05) is 0 Å². The zero-order chi connectivity index (χ0) is 19.7. The number of anilines is 1. The van der Waals surface area contributed by atoms with Gasteiger partial charge in [-0.15, -0.1) is 0 Å². The molecular formula is C19H14FN5O3. The molecule has 2 heterocycles. The predicted molar refractivity (Wildman–Crippen MR) is 101 cm³/mol. The minimum Gasteiger partial charge on any atom is -0.338 e. The lowest BCUT2D eigenvalue weighted by Crippen LogP contribution is -2.32. The van der Waals surface area contributed by atoms with Crippen molar-refractivity contribution in [1.82, 2.24) is 19.5 Å². The normalized spacial score (nSPS) is 10.9. The van der Waals surface area contributed by atoms with Gasteiger partial charge >= 0.3 is 5.69 Å². The van der Waals surface area contributed by atoms with Gasteiger partial charge in [0.2, 0.25) is 5.91 Å². The summed E-state index contributed by atoms with van der Waals surface area (Å²) in [4.78, 5) is 44.6. The minimum absolute atomic E-state index is 0.239. The Morgan fingerprint density at radius 1 is 1.07 bits per heavy atom. The molecular weight excluding hydrogens is 365 g/mol. The van der Waals surface area contributed by atoms with Crippen LogP contribution in [-0.4, -0.2) is 25.4 Å². The number of rotatable bonds is 4. The summed E-state index contributed by atoms with van der Waals surface area (Å²) >= 11 is 0. The minimum atomic E-state index is -0.657. The fraction of sp³-hybridized carbons (Fsp3) is 0.0526. The van der Waals surface area contributed by atoms with Crippen LogP contribution in [0.2, 0.25) is 0 Å². The molecule has 0 spiro atoms. The Morgan fingerprint density at radius 2 is 1.86 bits per heavy atom. The summed E-state index contributed by atoms with van der Waals surface area (Å²) in [5.74, 6) is -0.170. The molecule has 0 saturated carbocycles. The van der Waals surface area contributed by atoms with Gasteiger partial charge in [0.05, 0.1) is 11.0 Å². The predicted octanol–water partition coefficient (Wildman–Crippen LogP) is 1.86. The van der Waals surface area contributed by atoms with E-state index in [4.69, 9.17) is 0 Å². The van der Waals surface area contributed by atoms with Gasteiger partial charge in [0.15, 0.2) is 0 Å². The number of H-pyrrole nitrogens is 2. The van der Waals surface area contributed by atoms with Crippen molar-refractivity contribution in [2.45, 2.75) is 6.54 Å². The first-order chi connectivity index (χ1) is 13.5. The maximum Gasteiger partial charge on any atom is 0.328 e. The molecule has 0 saturated heterocycles. The second-order valence-electron chi connectivity index (χ2n) is 6.11. The van der Waals surface area contributed by atoms with Gasteiger partial charge < -0.3 is 10.3 Å². The molecule has 1 amide bonds. The van der Waals surface area contributed by atoms with Gasteiger partial charge in [0, 0.05) is 23.5 Å². The first-order valence-corrected chi connectivity index (χ1v) is 8.33. The Hall–Kier alpha value is -4.01. The monoisotopic (exact) mass is 379 g/mol. The Morgan fingerprint density at radius 3 is 2.61 bits per heavy atom. The lowest BCUT2D eigenvalue weighted by atomic mass is 10.2. The smallest absolute Gasteiger partial charge is 0.328 e. The molecule has 0 aliphatic heterocycles. The molecule has 0 radical (unpaired) electrons. The van der Waals surface area contributed by atoms with Crippen molar-refractivity contribution in [2.75, 3.05) is 5.32 Å². The lowest BCUT2D eigenvalue weighted by Gasteiger charge is -2.06. The number of halogens is 1. The van der Waals surface area contributed by atoms with Crippen LogP contribution in [-0.2, 0) is 11.3 Å². The van der Waals surface area contributed by atoms with E-state index in [0.29, 0.717) is 22.5 Å². The van der Waals surface area contributed by atoms with Gasteiger partial charge in [-0.3, -0.25) is 19.1 Å². The average Bonchev–Trinajstić information content (AvgIpc) is 3.08. The van der Waals surface area contributed by atoms with Crippen LogP contribution < -0.4 is 16.6 Å². The highest BCUT2D eigenvalue weighted by atomic mass is 19.1. The molecule has 0 unspecified atom stereocenters. The summed E-state index contributed by atoms with van der Waals surface area (Å²) in [6.07, 6.45) is 1.26. The van der Waals surface area contributed by atoms with Crippen molar-refractivity contribution < 1.29 is 9.18 Å². The number of aromatic nitrogens is 4. The second-order valence-corrected chi connectivity index (χ2v) is 6.11. The molecule has 0 bridgehead atoms. The van der Waals surface area contributed by atoms with Crippen LogP contribution >= 0.6 is 0 Å². The number of imidazole rings is 1. The molecule has 0 aliphatic carbocycles. The van der Waals surface area contributed by atoms with Crippen molar-refractivity contribution in [2.24, 2.45) is 0 Å². The van der Waals surface area contributed by atoms with E-state index in [1.165, 1.54) is 24.4 Å². The molecule has 4 rings (SSSR count). The van der Waals surface area contributed by atoms with Crippen molar-refractivity contribution in [3.8, 4) is 11.4 Å². The highest BCUT2D eigenvalue weighted by Crippen LogP contribution is 2.23. The number of nitrogens with zero attached hydrogens (tertiary/aromatic N) is 2. The first-order valence-electron chi connectivity index (χ1n) is 8.33. The highest BCUT2D eigenvalue weighted by Gasteiger charge is 2.09. The van der Waals surface area contributed by atoms with Gasteiger partial charge in [-0.25, -0.2) is 14.2 Å². The van der Waals surface area contributed by atoms with E-state index in [1.807, 2.05) is 0 Å². The van der Waals surface area contributed by atoms with Crippen molar-refractivity contribution in [1.29, 1.82) is 0 Å². The van der Waals surface area contributed by atoms with Gasteiger partial charge in [0.25, 0.3) is 5.56 Å². The summed E-state index contributed by atoms with van der Waals surface area (Å²) < 4.78 is 14.2. The lowest BCUT2D eigenvalue weighted by molar-refractivity contribution is -0.116. The first kappa shape index (κ1) is 17.4. The van der Waals surface area contributed by atoms with Crippen LogP contribution in [0.5, 0.6) is 0 Å². The summed E-state index contributed by atoms with van der Waals surface area (Å²) in [7, 11) is 0. The molecule has 0 fully saturated rings. The van der Waals surface area contributed by atoms with Crippen LogP contribution in [0.4, 0.5) is 10.1 Å². The molecule has 4 aromatic rings. The fourth-order valence-corrected chi connectivity index (χ4v) is 2.76. The SMILES string of the molecule is O=C(Cn1ccc(=O)[nH]c1=O)Nc1ccc2nc(-c3ccc(F)cc3)[nH]c2c1. The quantitative estimate of drug-likeness (QED) is 0.502. The summed E-state index contributed by atoms with van der Waals surface area (Å²) in [5.41, 5.74) is 1.45. The van der Waals surface area contributed by atoms with Gasteiger partial charge in [0.1, 0.15) is 18.2 Å². The standard InChI is InChI=1S/C19H14FN5O3/c20-12-3-1-11(2-4-12)18-22-14-6-5-13(9-15(14)23-18)21-17(27)10-25-8-7-16(26)24-19(25)28/h1-9H,10H2,(H,21,27)(H,22,23)(H,24,26,28). The zero-order valence-corrected chi connectivity index (χ0v) is 14.4. The number of amides is 1. The zero-order valence-electron chi connectivity index (χ0n) is 14.4. The van der Waals surface area contributed by atoms with Gasteiger partial charge in [-0.05, 0) is 42.5 Å². The Balaban J connectivity index is 1.54. The van der Waals surface area contributed by atoms with Crippen molar-refractivity contribution in [3.63, 3.8) is 0 Å². The molecule has 140 valence electrons. The van der Waals surface area contributed by atoms with E-state index in [2.05, 4.69) is 20.3 Å². The number of carbonyl (C=O) groups excluding carboxylic acids is 1. The Bertz CT molecular complexity index is 1290.